The van der Waals surface area contributed by atoms with Gasteiger partial charge in [-0.05, 0) is 24.6 Å². The highest BCUT2D eigenvalue weighted by Crippen LogP contribution is 2.16. The van der Waals surface area contributed by atoms with E-state index in [0.29, 0.717) is 23.6 Å². The maximum atomic E-state index is 12.2. The van der Waals surface area contributed by atoms with E-state index < -0.39 is 0 Å². The first-order valence-electron chi connectivity index (χ1n) is 5.72. The number of nitrogens with two attached hydrogens (primary N) is 1. The second-order valence-electron chi connectivity index (χ2n) is 4.25. The van der Waals surface area contributed by atoms with Crippen LogP contribution in [0, 0.1) is 6.92 Å². The van der Waals surface area contributed by atoms with Crippen molar-refractivity contribution >= 4 is 11.6 Å². The molecule has 0 saturated carbocycles. The number of furan rings is 1. The molecule has 0 unspecified atom stereocenters. The van der Waals surface area contributed by atoms with Crippen LogP contribution >= 0.6 is 0 Å². The fourth-order valence-corrected chi connectivity index (χ4v) is 1.82. The number of para-hydroxylation sites is 1. The molecule has 4 heteroatoms. The summed E-state index contributed by atoms with van der Waals surface area (Å²) in [6, 6.07) is 9.22. The number of hydrogen-bond donors (Lipinski definition) is 1. The van der Waals surface area contributed by atoms with Crippen LogP contribution in [0.15, 0.2) is 41.0 Å². The normalized spacial score (nSPS) is 10.3. The summed E-state index contributed by atoms with van der Waals surface area (Å²) >= 11 is 0. The van der Waals surface area contributed by atoms with Crippen LogP contribution in [-0.2, 0) is 6.54 Å². The van der Waals surface area contributed by atoms with Crippen LogP contribution in [0.5, 0.6) is 0 Å². The molecule has 0 spiro atoms. The molecular weight excluding hydrogens is 228 g/mol. The standard InChI is InChI=1S/C14H16N2O2/c1-10-12(7-8-18-10)14(17)16(2)9-11-5-3-4-6-13(11)15/h3-8H,9,15H2,1-2H3. The minimum absolute atomic E-state index is 0.0653. The molecule has 1 aromatic carbocycles. The van der Waals surface area contributed by atoms with Crippen LogP contribution in [0.2, 0.25) is 0 Å². The first kappa shape index (κ1) is 12.2. The van der Waals surface area contributed by atoms with E-state index in [4.69, 9.17) is 10.2 Å². The predicted octanol–water partition coefficient (Wildman–Crippen LogP) is 2.44. The highest BCUT2D eigenvalue weighted by Gasteiger charge is 2.16. The molecule has 1 amide bonds. The van der Waals surface area contributed by atoms with Gasteiger partial charge >= 0.3 is 0 Å². The number of benzene rings is 1. The van der Waals surface area contributed by atoms with E-state index in [1.54, 1.807) is 24.9 Å². The first-order chi connectivity index (χ1) is 8.59. The molecule has 2 rings (SSSR count). The summed E-state index contributed by atoms with van der Waals surface area (Å²) < 4.78 is 5.14. The van der Waals surface area contributed by atoms with Gasteiger partial charge in [0.15, 0.2) is 0 Å². The van der Waals surface area contributed by atoms with E-state index in [9.17, 15) is 4.79 Å². The fourth-order valence-electron chi connectivity index (χ4n) is 1.82. The van der Waals surface area contributed by atoms with Gasteiger partial charge in [-0.15, -0.1) is 0 Å². The van der Waals surface area contributed by atoms with Crippen molar-refractivity contribution in [3.8, 4) is 0 Å². The van der Waals surface area contributed by atoms with Crippen molar-refractivity contribution in [3.63, 3.8) is 0 Å². The summed E-state index contributed by atoms with van der Waals surface area (Å²) in [6.07, 6.45) is 1.52. The molecule has 0 aliphatic carbocycles. The first-order valence-corrected chi connectivity index (χ1v) is 5.72. The molecule has 0 fully saturated rings. The molecule has 0 bridgehead atoms. The lowest BCUT2D eigenvalue weighted by atomic mass is 10.1. The molecule has 0 saturated heterocycles. The minimum atomic E-state index is -0.0653. The van der Waals surface area contributed by atoms with E-state index in [0.717, 1.165) is 5.56 Å². The van der Waals surface area contributed by atoms with E-state index in [-0.39, 0.29) is 5.91 Å². The van der Waals surface area contributed by atoms with Gasteiger partial charge in [-0.2, -0.15) is 0 Å². The molecule has 4 nitrogen and oxygen atoms in total. The summed E-state index contributed by atoms with van der Waals surface area (Å²) in [5, 5.41) is 0. The highest BCUT2D eigenvalue weighted by atomic mass is 16.3. The number of amides is 1. The third-order valence-electron chi connectivity index (χ3n) is 2.90. The number of rotatable bonds is 3. The van der Waals surface area contributed by atoms with E-state index >= 15 is 0 Å². The fraction of sp³-hybridized carbons (Fsp3) is 0.214. The Morgan fingerprint density at radius 1 is 1.33 bits per heavy atom. The van der Waals surface area contributed by atoms with Crippen molar-refractivity contribution in [2.75, 3.05) is 12.8 Å². The quantitative estimate of drug-likeness (QED) is 0.844. The third kappa shape index (κ3) is 2.37. The SMILES string of the molecule is Cc1occc1C(=O)N(C)Cc1ccccc1N. The van der Waals surface area contributed by atoms with Crippen molar-refractivity contribution in [2.24, 2.45) is 0 Å². The Kier molecular flexibility index (Phi) is 3.37. The van der Waals surface area contributed by atoms with E-state index in [1.165, 1.54) is 6.26 Å². The molecule has 1 aromatic heterocycles. The molecule has 2 aromatic rings. The summed E-state index contributed by atoms with van der Waals surface area (Å²) in [5.41, 5.74) is 8.09. The van der Waals surface area contributed by atoms with Gasteiger partial charge in [0.25, 0.3) is 5.91 Å². The van der Waals surface area contributed by atoms with Gasteiger partial charge in [-0.1, -0.05) is 18.2 Å². The lowest BCUT2D eigenvalue weighted by molar-refractivity contribution is 0.0783. The topological polar surface area (TPSA) is 59.5 Å². The van der Waals surface area contributed by atoms with Crippen molar-refractivity contribution < 1.29 is 9.21 Å². The highest BCUT2D eigenvalue weighted by molar-refractivity contribution is 5.94. The number of carbonyl (C=O) groups is 1. The second kappa shape index (κ2) is 4.96. The van der Waals surface area contributed by atoms with Crippen molar-refractivity contribution in [2.45, 2.75) is 13.5 Å². The summed E-state index contributed by atoms with van der Waals surface area (Å²) in [5.74, 6) is 0.567. The largest absolute Gasteiger partial charge is 0.469 e. The molecule has 0 atom stereocenters. The van der Waals surface area contributed by atoms with Gasteiger partial charge in [0.2, 0.25) is 0 Å². The van der Waals surface area contributed by atoms with Gasteiger partial charge in [0.1, 0.15) is 5.76 Å². The van der Waals surface area contributed by atoms with Crippen LogP contribution in [0.1, 0.15) is 21.7 Å². The number of nitrogens with zero attached hydrogens (tertiary/aromatic N) is 1. The lowest BCUT2D eigenvalue weighted by Gasteiger charge is -2.17. The number of carbonyl (C=O) groups excluding carboxylic acids is 1. The van der Waals surface area contributed by atoms with Crippen LogP contribution < -0.4 is 5.73 Å². The van der Waals surface area contributed by atoms with Gasteiger partial charge < -0.3 is 15.1 Å². The summed E-state index contributed by atoms with van der Waals surface area (Å²) in [6.45, 7) is 2.26. The zero-order chi connectivity index (χ0) is 13.1. The summed E-state index contributed by atoms with van der Waals surface area (Å²) in [7, 11) is 1.75. The minimum Gasteiger partial charge on any atom is -0.469 e. The molecule has 0 aliphatic rings. The molecule has 94 valence electrons. The Morgan fingerprint density at radius 2 is 2.06 bits per heavy atom. The van der Waals surface area contributed by atoms with E-state index in [1.807, 2.05) is 24.3 Å². The predicted molar refractivity (Wildman–Crippen MR) is 70.1 cm³/mol. The molecule has 2 N–H and O–H groups in total. The van der Waals surface area contributed by atoms with Gasteiger partial charge in [0.05, 0.1) is 11.8 Å². The van der Waals surface area contributed by atoms with Crippen molar-refractivity contribution in [3.05, 3.63) is 53.5 Å². The average Bonchev–Trinajstić information content (AvgIpc) is 2.77. The van der Waals surface area contributed by atoms with Gasteiger partial charge in [-0.3, -0.25) is 4.79 Å². The number of nitrogen functional groups attached to an aromatic ring is 1. The Morgan fingerprint density at radius 3 is 2.67 bits per heavy atom. The molecule has 1 heterocycles. The van der Waals surface area contributed by atoms with Crippen LogP contribution in [-0.4, -0.2) is 17.9 Å². The van der Waals surface area contributed by atoms with Crippen molar-refractivity contribution in [1.29, 1.82) is 0 Å². The monoisotopic (exact) mass is 244 g/mol. The lowest BCUT2D eigenvalue weighted by Crippen LogP contribution is -2.26. The van der Waals surface area contributed by atoms with Gasteiger partial charge in [0, 0.05) is 19.3 Å². The summed E-state index contributed by atoms with van der Waals surface area (Å²) in [4.78, 5) is 13.8. The Labute approximate surface area is 106 Å². The van der Waals surface area contributed by atoms with Crippen LogP contribution in [0.3, 0.4) is 0 Å². The smallest absolute Gasteiger partial charge is 0.257 e. The number of aryl methyl sites for hydroxylation is 1. The molecule has 0 radical (unpaired) electrons. The maximum absolute atomic E-state index is 12.2. The average molecular weight is 244 g/mol. The second-order valence-corrected chi connectivity index (χ2v) is 4.25. The van der Waals surface area contributed by atoms with Crippen molar-refractivity contribution in [1.82, 2.24) is 4.90 Å². The molecule has 18 heavy (non-hydrogen) atoms. The van der Waals surface area contributed by atoms with E-state index in [2.05, 4.69) is 0 Å². The maximum Gasteiger partial charge on any atom is 0.257 e. The third-order valence-corrected chi connectivity index (χ3v) is 2.90. The molecular formula is C14H16N2O2. The number of hydrogen-bond acceptors (Lipinski definition) is 3. The van der Waals surface area contributed by atoms with Crippen LogP contribution in [0.4, 0.5) is 5.69 Å². The molecule has 0 aliphatic heterocycles. The Bertz CT molecular complexity index is 560. The zero-order valence-corrected chi connectivity index (χ0v) is 10.5. The Hall–Kier alpha value is -2.23. The van der Waals surface area contributed by atoms with Gasteiger partial charge in [-0.25, -0.2) is 0 Å². The Balaban J connectivity index is 2.14. The van der Waals surface area contributed by atoms with Crippen LogP contribution in [0.25, 0.3) is 0 Å². The zero-order valence-electron chi connectivity index (χ0n) is 10.5. The number of anilines is 1.